The number of hydrogen-bond acceptors (Lipinski definition) is 5. The van der Waals surface area contributed by atoms with Crippen molar-refractivity contribution in [3.05, 3.63) is 93.8 Å². The number of benzene rings is 3. The molecule has 0 radical (unpaired) electrons. The molecule has 0 saturated carbocycles. The molecule has 4 aromatic rings. The van der Waals surface area contributed by atoms with Crippen molar-refractivity contribution in [2.45, 2.75) is 37.1 Å². The van der Waals surface area contributed by atoms with E-state index in [1.807, 2.05) is 32.9 Å². The number of anilines is 1. The lowest BCUT2D eigenvalue weighted by Crippen LogP contribution is -2.24. The Bertz CT molecular complexity index is 1600. The first-order chi connectivity index (χ1) is 16.6. The van der Waals surface area contributed by atoms with E-state index < -0.39 is 20.2 Å². The second kappa shape index (κ2) is 9.38. The highest BCUT2D eigenvalue weighted by Gasteiger charge is 2.25. The Morgan fingerprint density at radius 1 is 0.943 bits per heavy atom. The average Bonchev–Trinajstić information content (AvgIpc) is 2.83. The standard InChI is InChI=1S/C27H26N2O5S/c1-17-5-8-20(9-6-17)28-26(30)16-29-15-25(27(31)23-14-21(34-4)10-12-24(23)29)35(32,33)22-11-7-18(2)19(3)13-22/h5-15H,16H2,1-4H3,(H,28,30). The number of ether oxygens (including phenoxy) is 1. The van der Waals surface area contributed by atoms with Crippen molar-refractivity contribution in [1.82, 2.24) is 4.57 Å². The van der Waals surface area contributed by atoms with Crippen LogP contribution in [0.25, 0.3) is 10.9 Å². The number of sulfone groups is 1. The van der Waals surface area contributed by atoms with Crippen LogP contribution in [0.1, 0.15) is 16.7 Å². The molecule has 180 valence electrons. The lowest BCUT2D eigenvalue weighted by atomic mass is 10.1. The lowest BCUT2D eigenvalue weighted by molar-refractivity contribution is -0.116. The molecule has 0 unspecified atom stereocenters. The summed E-state index contributed by atoms with van der Waals surface area (Å²) >= 11 is 0. The SMILES string of the molecule is COc1ccc2c(c1)c(=O)c(S(=O)(=O)c1ccc(C)c(C)c1)cn2CC(=O)Nc1ccc(C)cc1. The summed E-state index contributed by atoms with van der Waals surface area (Å²) in [7, 11) is -2.69. The van der Waals surface area contributed by atoms with Crippen molar-refractivity contribution >= 4 is 32.3 Å². The van der Waals surface area contributed by atoms with Crippen LogP contribution < -0.4 is 15.5 Å². The van der Waals surface area contributed by atoms with Crippen molar-refractivity contribution in [2.24, 2.45) is 0 Å². The van der Waals surface area contributed by atoms with Crippen LogP contribution >= 0.6 is 0 Å². The number of nitrogens with one attached hydrogen (secondary N) is 1. The van der Waals surface area contributed by atoms with Gasteiger partial charge in [-0.25, -0.2) is 8.42 Å². The number of hydrogen-bond donors (Lipinski definition) is 1. The van der Waals surface area contributed by atoms with E-state index in [-0.39, 0.29) is 22.7 Å². The number of carbonyl (C=O) groups is 1. The minimum atomic E-state index is -4.15. The first-order valence-corrected chi connectivity index (χ1v) is 12.5. The predicted molar refractivity (Wildman–Crippen MR) is 136 cm³/mol. The lowest BCUT2D eigenvalue weighted by Gasteiger charge is -2.15. The highest BCUT2D eigenvalue weighted by molar-refractivity contribution is 7.91. The fraction of sp³-hybridized carbons (Fsp3) is 0.185. The second-order valence-corrected chi connectivity index (χ2v) is 10.4. The second-order valence-electron chi connectivity index (χ2n) is 8.50. The largest absolute Gasteiger partial charge is 0.497 e. The molecule has 1 aromatic heterocycles. The zero-order valence-corrected chi connectivity index (χ0v) is 20.8. The highest BCUT2D eigenvalue weighted by Crippen LogP contribution is 2.25. The molecule has 0 bridgehead atoms. The number of pyridine rings is 1. The number of rotatable bonds is 6. The first kappa shape index (κ1) is 24.2. The van der Waals surface area contributed by atoms with Crippen LogP contribution in [0.5, 0.6) is 5.75 Å². The molecule has 0 aliphatic carbocycles. The Morgan fingerprint density at radius 2 is 1.66 bits per heavy atom. The smallest absolute Gasteiger partial charge is 0.244 e. The summed E-state index contributed by atoms with van der Waals surface area (Å²) in [5, 5.41) is 2.96. The molecule has 0 aliphatic rings. The van der Waals surface area contributed by atoms with Gasteiger partial charge in [0.15, 0.2) is 0 Å². The van der Waals surface area contributed by atoms with Crippen LogP contribution in [-0.2, 0) is 21.2 Å². The summed E-state index contributed by atoms with van der Waals surface area (Å²) in [5.41, 5.74) is 3.20. The number of fused-ring (bicyclic) bond motifs is 1. The van der Waals surface area contributed by atoms with Crippen LogP contribution in [0.2, 0.25) is 0 Å². The van der Waals surface area contributed by atoms with Crippen molar-refractivity contribution in [3.63, 3.8) is 0 Å². The van der Waals surface area contributed by atoms with Gasteiger partial charge < -0.3 is 14.6 Å². The normalized spacial score (nSPS) is 11.4. The quantitative estimate of drug-likeness (QED) is 0.432. The summed E-state index contributed by atoms with van der Waals surface area (Å²) in [6.45, 7) is 5.46. The molecule has 0 aliphatic heterocycles. The number of carbonyl (C=O) groups excluding carboxylic acids is 1. The Morgan fingerprint density at radius 3 is 2.31 bits per heavy atom. The topological polar surface area (TPSA) is 94.5 Å². The van der Waals surface area contributed by atoms with Crippen LogP contribution in [0.4, 0.5) is 5.69 Å². The van der Waals surface area contributed by atoms with E-state index in [0.29, 0.717) is 17.0 Å². The summed E-state index contributed by atoms with van der Waals surface area (Å²) in [6.07, 6.45) is 1.25. The molecule has 1 amide bonds. The maximum absolute atomic E-state index is 13.5. The zero-order valence-electron chi connectivity index (χ0n) is 20.0. The molecular weight excluding hydrogens is 464 g/mol. The van der Waals surface area contributed by atoms with Crippen LogP contribution in [-0.4, -0.2) is 26.0 Å². The van der Waals surface area contributed by atoms with Crippen LogP contribution in [0.3, 0.4) is 0 Å². The van der Waals surface area contributed by atoms with Gasteiger partial charge in [0, 0.05) is 11.9 Å². The molecule has 4 rings (SSSR count). The van der Waals surface area contributed by atoms with Gasteiger partial charge in [-0.2, -0.15) is 0 Å². The summed E-state index contributed by atoms with van der Waals surface area (Å²) in [4.78, 5) is 25.9. The molecule has 8 heteroatoms. The Balaban J connectivity index is 1.84. The van der Waals surface area contributed by atoms with Crippen molar-refractivity contribution < 1.29 is 17.9 Å². The fourth-order valence-corrected chi connectivity index (χ4v) is 5.25. The zero-order chi connectivity index (χ0) is 25.3. The average molecular weight is 491 g/mol. The predicted octanol–water partition coefficient (Wildman–Crippen LogP) is 4.41. The number of nitrogens with zero attached hydrogens (tertiary/aromatic N) is 1. The van der Waals surface area contributed by atoms with E-state index in [0.717, 1.165) is 16.7 Å². The molecule has 7 nitrogen and oxygen atoms in total. The summed E-state index contributed by atoms with van der Waals surface area (Å²) in [5.74, 6) is 0.0510. The summed E-state index contributed by atoms with van der Waals surface area (Å²) in [6, 6.07) is 16.9. The Kier molecular flexibility index (Phi) is 6.49. The van der Waals surface area contributed by atoms with E-state index >= 15 is 0 Å². The number of amides is 1. The molecule has 1 N–H and O–H groups in total. The molecule has 3 aromatic carbocycles. The van der Waals surface area contributed by atoms with Gasteiger partial charge >= 0.3 is 0 Å². The van der Waals surface area contributed by atoms with Crippen molar-refractivity contribution in [2.75, 3.05) is 12.4 Å². The minimum absolute atomic E-state index is 0.0237. The van der Waals surface area contributed by atoms with E-state index in [1.54, 1.807) is 36.4 Å². The summed E-state index contributed by atoms with van der Waals surface area (Å²) < 4.78 is 33.8. The molecule has 0 atom stereocenters. The van der Waals surface area contributed by atoms with Gasteiger partial charge in [0.2, 0.25) is 21.2 Å². The first-order valence-electron chi connectivity index (χ1n) is 11.0. The van der Waals surface area contributed by atoms with Gasteiger partial charge in [-0.3, -0.25) is 9.59 Å². The van der Waals surface area contributed by atoms with Gasteiger partial charge in [-0.05, 0) is 74.4 Å². The maximum atomic E-state index is 13.5. The van der Waals surface area contributed by atoms with Gasteiger partial charge in [0.1, 0.15) is 17.2 Å². The minimum Gasteiger partial charge on any atom is -0.497 e. The Hall–Kier alpha value is -3.91. The fourth-order valence-electron chi connectivity index (χ4n) is 3.80. The number of aryl methyl sites for hydroxylation is 3. The molecule has 0 fully saturated rings. The van der Waals surface area contributed by atoms with Crippen LogP contribution in [0, 0.1) is 20.8 Å². The third-order valence-corrected chi connectivity index (χ3v) is 7.73. The monoisotopic (exact) mass is 490 g/mol. The van der Waals surface area contributed by atoms with Crippen molar-refractivity contribution in [3.8, 4) is 5.75 Å². The van der Waals surface area contributed by atoms with Gasteiger partial charge in [0.05, 0.1) is 22.9 Å². The number of methoxy groups -OCH3 is 1. The Labute approximate surface area is 203 Å². The molecule has 35 heavy (non-hydrogen) atoms. The van der Waals surface area contributed by atoms with E-state index in [2.05, 4.69) is 5.32 Å². The highest BCUT2D eigenvalue weighted by atomic mass is 32.2. The molecular formula is C27H26N2O5S. The van der Waals surface area contributed by atoms with Gasteiger partial charge in [0.25, 0.3) is 0 Å². The van der Waals surface area contributed by atoms with Gasteiger partial charge in [-0.15, -0.1) is 0 Å². The maximum Gasteiger partial charge on any atom is 0.244 e. The van der Waals surface area contributed by atoms with Crippen LogP contribution in [0.15, 0.2) is 81.4 Å². The van der Waals surface area contributed by atoms with E-state index in [1.165, 1.54) is 30.0 Å². The third-order valence-electron chi connectivity index (χ3n) is 5.98. The van der Waals surface area contributed by atoms with Crippen molar-refractivity contribution in [1.29, 1.82) is 0 Å². The number of aromatic nitrogens is 1. The van der Waals surface area contributed by atoms with Gasteiger partial charge in [-0.1, -0.05) is 23.8 Å². The molecule has 0 saturated heterocycles. The third kappa shape index (κ3) is 4.83. The van der Waals surface area contributed by atoms with E-state index in [9.17, 15) is 18.0 Å². The molecule has 1 heterocycles. The molecule has 0 spiro atoms. The van der Waals surface area contributed by atoms with E-state index in [4.69, 9.17) is 4.74 Å².